The zero-order chi connectivity index (χ0) is 25.0. The standard InChI is InChI=1S/C23H28F3N7O3/c1-13-10-35-8-7-31(13)16-9-18(32-14-3-4-15(32)12-36-11-14)28-22-19(16)20(21(34-2)23(24,25)26)30-33(22)17-5-6-27-29-17/h5-6,9,13-15,21H,3-4,7-8,10-12H2,1-2H3,(H,27,29)/t13-,14?,15?,21?/m1/s1. The minimum absolute atomic E-state index is 0.0474. The third kappa shape index (κ3) is 3.80. The first-order chi connectivity index (χ1) is 17.4. The van der Waals surface area contributed by atoms with Crippen LogP contribution < -0.4 is 9.80 Å². The van der Waals surface area contributed by atoms with Gasteiger partial charge in [0.2, 0.25) is 0 Å². The zero-order valence-corrected chi connectivity index (χ0v) is 20.0. The number of aromatic nitrogens is 5. The molecule has 194 valence electrons. The van der Waals surface area contributed by atoms with Crippen LogP contribution in [0.3, 0.4) is 0 Å². The molecule has 2 bridgehead atoms. The van der Waals surface area contributed by atoms with Gasteiger partial charge in [-0.05, 0) is 19.8 Å². The van der Waals surface area contributed by atoms with Gasteiger partial charge < -0.3 is 24.0 Å². The first-order valence-corrected chi connectivity index (χ1v) is 12.1. The summed E-state index contributed by atoms with van der Waals surface area (Å²) >= 11 is 0. The van der Waals surface area contributed by atoms with Crippen molar-refractivity contribution in [2.75, 3.05) is 49.9 Å². The number of aromatic amines is 1. The molecule has 3 aliphatic rings. The van der Waals surface area contributed by atoms with Crippen LogP contribution in [-0.2, 0) is 14.2 Å². The van der Waals surface area contributed by atoms with Crippen molar-refractivity contribution in [3.63, 3.8) is 0 Å². The van der Waals surface area contributed by atoms with Gasteiger partial charge in [0.05, 0.1) is 55.8 Å². The molecule has 6 heterocycles. The highest BCUT2D eigenvalue weighted by atomic mass is 19.4. The molecule has 36 heavy (non-hydrogen) atoms. The SMILES string of the molecule is COC(c1nn(-c2ccn[nH]2)c2nc(N3C4CCC3COC4)cc(N3CCOC[C@H]3C)c12)C(F)(F)F. The van der Waals surface area contributed by atoms with Gasteiger partial charge in [-0.3, -0.25) is 5.10 Å². The second-order valence-electron chi connectivity index (χ2n) is 9.54. The van der Waals surface area contributed by atoms with Gasteiger partial charge in [0.1, 0.15) is 11.5 Å². The number of nitrogens with zero attached hydrogens (tertiary/aromatic N) is 6. The molecule has 3 aromatic rings. The predicted octanol–water partition coefficient (Wildman–Crippen LogP) is 2.99. The van der Waals surface area contributed by atoms with Gasteiger partial charge in [0.25, 0.3) is 0 Å². The third-order valence-electron chi connectivity index (χ3n) is 7.31. The Bertz CT molecular complexity index is 1220. The molecule has 3 unspecified atom stereocenters. The molecule has 6 rings (SSSR count). The van der Waals surface area contributed by atoms with Crippen LogP contribution in [0.25, 0.3) is 16.9 Å². The number of nitrogens with one attached hydrogen (secondary N) is 1. The highest BCUT2D eigenvalue weighted by Crippen LogP contribution is 2.44. The van der Waals surface area contributed by atoms with Crippen LogP contribution in [0, 0.1) is 0 Å². The van der Waals surface area contributed by atoms with E-state index in [0.717, 1.165) is 20.0 Å². The summed E-state index contributed by atoms with van der Waals surface area (Å²) in [5, 5.41) is 11.5. The summed E-state index contributed by atoms with van der Waals surface area (Å²) < 4.78 is 60.2. The molecule has 0 aromatic carbocycles. The van der Waals surface area contributed by atoms with E-state index in [9.17, 15) is 13.2 Å². The van der Waals surface area contributed by atoms with E-state index >= 15 is 0 Å². The Morgan fingerprint density at radius 1 is 1.17 bits per heavy atom. The van der Waals surface area contributed by atoms with Crippen molar-refractivity contribution in [2.45, 2.75) is 50.2 Å². The van der Waals surface area contributed by atoms with E-state index in [1.807, 2.05) is 13.0 Å². The Labute approximate surface area is 205 Å². The minimum atomic E-state index is -4.66. The van der Waals surface area contributed by atoms with Crippen molar-refractivity contribution < 1.29 is 27.4 Å². The summed E-state index contributed by atoms with van der Waals surface area (Å²) in [5.41, 5.74) is 0.730. The maximum absolute atomic E-state index is 14.1. The Morgan fingerprint density at radius 3 is 2.58 bits per heavy atom. The van der Waals surface area contributed by atoms with E-state index in [2.05, 4.69) is 25.1 Å². The first kappa shape index (κ1) is 23.5. The number of pyridine rings is 1. The molecule has 13 heteroatoms. The lowest BCUT2D eigenvalue weighted by Gasteiger charge is -2.38. The van der Waals surface area contributed by atoms with E-state index in [1.165, 1.54) is 10.9 Å². The molecule has 0 radical (unpaired) electrons. The lowest BCUT2D eigenvalue weighted by atomic mass is 10.1. The summed E-state index contributed by atoms with van der Waals surface area (Å²) in [6, 6.07) is 3.86. The Balaban J connectivity index is 1.63. The largest absolute Gasteiger partial charge is 0.420 e. The molecule has 0 saturated carbocycles. The average Bonchev–Trinajstić information content (AvgIpc) is 3.56. The quantitative estimate of drug-likeness (QED) is 0.564. The molecule has 3 aromatic heterocycles. The molecule has 0 amide bonds. The smallest absolute Gasteiger partial charge is 0.377 e. The summed E-state index contributed by atoms with van der Waals surface area (Å²) in [7, 11) is 1.05. The van der Waals surface area contributed by atoms with Gasteiger partial charge in [0.15, 0.2) is 17.6 Å². The number of ether oxygens (including phenoxy) is 3. The number of morpholine rings is 2. The Kier molecular flexibility index (Phi) is 5.80. The molecular formula is C23H28F3N7O3. The van der Waals surface area contributed by atoms with E-state index in [0.29, 0.717) is 61.3 Å². The molecule has 0 spiro atoms. The van der Waals surface area contributed by atoms with Gasteiger partial charge in [-0.1, -0.05) is 0 Å². The monoisotopic (exact) mass is 507 g/mol. The van der Waals surface area contributed by atoms with Crippen LogP contribution >= 0.6 is 0 Å². The molecule has 10 nitrogen and oxygen atoms in total. The van der Waals surface area contributed by atoms with Crippen LogP contribution in [-0.4, -0.2) is 89.3 Å². The van der Waals surface area contributed by atoms with Crippen molar-refractivity contribution in [2.24, 2.45) is 0 Å². The predicted molar refractivity (Wildman–Crippen MR) is 125 cm³/mol. The van der Waals surface area contributed by atoms with Crippen LogP contribution in [0.2, 0.25) is 0 Å². The molecule has 1 N–H and O–H groups in total. The van der Waals surface area contributed by atoms with Crippen molar-refractivity contribution in [3.8, 4) is 5.82 Å². The van der Waals surface area contributed by atoms with Crippen LogP contribution in [0.5, 0.6) is 0 Å². The molecule has 3 fully saturated rings. The van der Waals surface area contributed by atoms with Crippen molar-refractivity contribution in [1.29, 1.82) is 0 Å². The maximum atomic E-state index is 14.1. The maximum Gasteiger partial charge on any atom is 0.420 e. The van der Waals surface area contributed by atoms with Crippen molar-refractivity contribution in [1.82, 2.24) is 25.0 Å². The minimum Gasteiger partial charge on any atom is -0.377 e. The fraction of sp³-hybridized carbons (Fsp3) is 0.609. The number of hydrogen-bond donors (Lipinski definition) is 1. The summed E-state index contributed by atoms with van der Waals surface area (Å²) in [6.45, 7) is 4.69. The van der Waals surface area contributed by atoms with Gasteiger partial charge in [-0.15, -0.1) is 0 Å². The van der Waals surface area contributed by atoms with Gasteiger partial charge in [0, 0.05) is 31.8 Å². The first-order valence-electron chi connectivity index (χ1n) is 12.1. The second kappa shape index (κ2) is 8.89. The normalized spacial score (nSPS) is 25.6. The number of halogens is 3. The van der Waals surface area contributed by atoms with Crippen LogP contribution in [0.1, 0.15) is 31.6 Å². The molecule has 4 atom stereocenters. The summed E-state index contributed by atoms with van der Waals surface area (Å²) in [6.07, 6.45) is -3.38. The molecular weight excluding hydrogens is 479 g/mol. The molecule has 0 aliphatic carbocycles. The summed E-state index contributed by atoms with van der Waals surface area (Å²) in [5.74, 6) is 1.12. The lowest BCUT2D eigenvalue weighted by molar-refractivity contribution is -0.216. The highest BCUT2D eigenvalue weighted by molar-refractivity contribution is 5.95. The van der Waals surface area contributed by atoms with E-state index in [-0.39, 0.29) is 23.8 Å². The number of methoxy groups -OCH3 is 1. The van der Waals surface area contributed by atoms with E-state index in [4.69, 9.17) is 19.2 Å². The Morgan fingerprint density at radius 2 is 1.94 bits per heavy atom. The van der Waals surface area contributed by atoms with Gasteiger partial charge >= 0.3 is 6.18 Å². The fourth-order valence-corrected chi connectivity index (χ4v) is 5.67. The topological polar surface area (TPSA) is 93.6 Å². The van der Waals surface area contributed by atoms with Gasteiger partial charge in [-0.2, -0.15) is 28.1 Å². The summed E-state index contributed by atoms with van der Waals surface area (Å²) in [4.78, 5) is 9.29. The lowest BCUT2D eigenvalue weighted by Crippen LogP contribution is -2.47. The number of rotatable bonds is 5. The fourth-order valence-electron chi connectivity index (χ4n) is 5.67. The number of fused-ring (bicyclic) bond motifs is 3. The molecule has 3 saturated heterocycles. The van der Waals surface area contributed by atoms with Crippen molar-refractivity contribution >= 4 is 22.5 Å². The number of anilines is 2. The zero-order valence-electron chi connectivity index (χ0n) is 20.0. The molecule has 3 aliphatic heterocycles. The van der Waals surface area contributed by atoms with E-state index in [1.54, 1.807) is 6.07 Å². The Hall–Kier alpha value is -2.90. The number of hydrogen-bond acceptors (Lipinski definition) is 8. The van der Waals surface area contributed by atoms with Gasteiger partial charge in [-0.25, -0.2) is 4.98 Å². The van der Waals surface area contributed by atoms with Crippen molar-refractivity contribution in [3.05, 3.63) is 24.0 Å². The van der Waals surface area contributed by atoms with Crippen LogP contribution in [0.4, 0.5) is 24.7 Å². The second-order valence-corrected chi connectivity index (χ2v) is 9.54. The number of alkyl halides is 3. The van der Waals surface area contributed by atoms with E-state index < -0.39 is 12.3 Å². The highest BCUT2D eigenvalue weighted by Gasteiger charge is 2.46. The average molecular weight is 508 g/mol. The number of H-pyrrole nitrogens is 1. The third-order valence-corrected chi connectivity index (χ3v) is 7.31. The van der Waals surface area contributed by atoms with Crippen LogP contribution in [0.15, 0.2) is 18.3 Å².